The van der Waals surface area contributed by atoms with E-state index in [1.54, 1.807) is 19.1 Å². The Balaban J connectivity index is -0.000000191. The van der Waals surface area contributed by atoms with Gasteiger partial charge < -0.3 is 41.1 Å². The fraction of sp³-hybridized carbons (Fsp3) is 0.444. The van der Waals surface area contributed by atoms with E-state index in [-0.39, 0.29) is 153 Å². The van der Waals surface area contributed by atoms with Crippen molar-refractivity contribution in [3.63, 3.8) is 0 Å². The number of piperazine rings is 2. The molecule has 2 aromatic carbocycles. The van der Waals surface area contributed by atoms with Gasteiger partial charge in [-0.05, 0) is 35.9 Å². The molecule has 1 N–H and O–H groups in total. The smallest absolute Gasteiger partial charge is 1.00 e. The molecule has 0 atom stereocenters. The van der Waals surface area contributed by atoms with Gasteiger partial charge >= 0.3 is 103 Å². The van der Waals surface area contributed by atoms with Crippen LogP contribution < -0.4 is 133 Å². The zero-order chi connectivity index (χ0) is 32.2. The van der Waals surface area contributed by atoms with Gasteiger partial charge in [0.2, 0.25) is 11.1 Å². The molecule has 2 heterocycles. The fourth-order valence-electron chi connectivity index (χ4n) is 3.91. The second-order valence-electron chi connectivity index (χ2n) is 8.56. The van der Waals surface area contributed by atoms with E-state index >= 15 is 0 Å². The van der Waals surface area contributed by atoms with Gasteiger partial charge in [0.15, 0.2) is 0 Å². The zero-order valence-electron chi connectivity index (χ0n) is 27.5. The zero-order valence-corrected chi connectivity index (χ0v) is 38.2. The van der Waals surface area contributed by atoms with Crippen LogP contribution in [0.2, 0.25) is 10.0 Å². The summed E-state index contributed by atoms with van der Waals surface area (Å²) in [6.45, 7) is 6.90. The Morgan fingerprint density at radius 1 is 0.830 bits per heavy atom. The van der Waals surface area contributed by atoms with Gasteiger partial charge in [0.1, 0.15) is 17.4 Å². The van der Waals surface area contributed by atoms with Crippen molar-refractivity contribution in [3.05, 3.63) is 46.4 Å². The second kappa shape index (κ2) is 33.3. The molecule has 2 aliphatic heterocycles. The maximum Gasteiger partial charge on any atom is 1.00 e. The molecule has 0 bridgehead atoms. The van der Waals surface area contributed by atoms with Crippen molar-refractivity contribution >= 4 is 112 Å². The predicted molar refractivity (Wildman–Crippen MR) is 185 cm³/mol. The number of hydrogen-bond acceptors (Lipinski definition) is 10. The van der Waals surface area contributed by atoms with Crippen molar-refractivity contribution in [3.8, 4) is 11.5 Å². The minimum atomic E-state index is -0.508. The molecule has 0 unspecified atom stereocenters. The summed E-state index contributed by atoms with van der Waals surface area (Å²) in [7, 11) is 3.24. The number of carbonyl (C=O) groups is 3. The maximum absolute atomic E-state index is 11.5. The summed E-state index contributed by atoms with van der Waals surface area (Å²) in [4.78, 5) is 38.5. The van der Waals surface area contributed by atoms with Crippen LogP contribution in [-0.4, -0.2) is 101 Å². The summed E-state index contributed by atoms with van der Waals surface area (Å²) in [6.07, 6.45) is 0. The van der Waals surface area contributed by atoms with Crippen LogP contribution in [0.5, 0.6) is 11.5 Å². The van der Waals surface area contributed by atoms with E-state index < -0.39 is 5.24 Å². The second-order valence-corrected chi connectivity index (χ2v) is 10.3. The average molecular weight is 856 g/mol. The number of ether oxygens (including phenoxy) is 2. The Morgan fingerprint density at radius 3 is 1.53 bits per heavy atom. The van der Waals surface area contributed by atoms with Gasteiger partial charge in [0.05, 0.1) is 30.1 Å². The number of halogens is 7. The number of methoxy groups -OCH3 is 2. The summed E-state index contributed by atoms with van der Waals surface area (Å²) in [6, 6.07) is 11.6. The number of anilines is 2. The molecule has 47 heavy (non-hydrogen) atoms. The Kier molecular flexibility index (Phi) is 39.2. The molecule has 1 amide bonds. The quantitative estimate of drug-likeness (QED) is 0.0870. The Hall–Kier alpha value is 1.47. The minimum absolute atomic E-state index is 0. The first kappa shape index (κ1) is 55.2. The third-order valence-electron chi connectivity index (χ3n) is 6.01. The predicted octanol–water partition coefficient (Wildman–Crippen LogP) is -1.62. The van der Waals surface area contributed by atoms with Crippen molar-refractivity contribution in [2.75, 3.05) is 88.1 Å². The van der Waals surface area contributed by atoms with Crippen molar-refractivity contribution in [2.45, 2.75) is 0 Å². The van der Waals surface area contributed by atoms with Crippen LogP contribution >= 0.6 is 82.8 Å². The number of hydrogen-bond donors (Lipinski definition) is 1. The maximum atomic E-state index is 11.5. The van der Waals surface area contributed by atoms with Gasteiger partial charge in [-0.15, -0.1) is 48.0 Å². The molecule has 0 aromatic heterocycles. The minimum Gasteiger partial charge on any atom is -1.00 e. The van der Waals surface area contributed by atoms with E-state index in [0.29, 0.717) is 28.9 Å². The number of amides is 1. The molecular formula is C27H37Cl7K2N4O7. The molecule has 258 valence electrons. The standard InChI is InChI=1S/C13H16Cl2N2O2.C11H15ClN2O.C2H2Cl2O.CH2O3.2ClH.2K.H/c1-19-12-8-10(2-3-11(12)15)16-4-6-17(7-5-16)13(18)9-14;1-15-11-8-9(2-3-10(11)12)14-6-4-13-5-7-14;3-1-2(4)5;2-1-4-3;;;;;/h2-3,8H,4-7,9H2,1H3;2-3,8,13H,4-7H2,1H3;1H2;1,3H;2*1H;;;/q;;;;;;2*+1;-1/p-1. The monoisotopic (exact) mass is 852 g/mol. The molecule has 0 radical (unpaired) electrons. The van der Waals surface area contributed by atoms with Gasteiger partial charge in [-0.25, -0.2) is 0 Å². The van der Waals surface area contributed by atoms with Crippen LogP contribution in [-0.2, 0) is 19.3 Å². The first-order chi connectivity index (χ1) is 20.6. The van der Waals surface area contributed by atoms with Crippen LogP contribution in [0.25, 0.3) is 0 Å². The van der Waals surface area contributed by atoms with Crippen LogP contribution in [0.15, 0.2) is 36.4 Å². The summed E-state index contributed by atoms with van der Waals surface area (Å²) >= 11 is 27.1. The number of benzene rings is 2. The summed E-state index contributed by atoms with van der Waals surface area (Å²) in [5, 5.41) is 12.5. The number of carbonyl (C=O) groups excluding carboxylic acids is 3. The van der Waals surface area contributed by atoms with E-state index in [1.807, 2.05) is 36.4 Å². The average Bonchev–Trinajstić information content (AvgIpc) is 3.06. The molecule has 0 aliphatic carbocycles. The van der Waals surface area contributed by atoms with E-state index in [2.05, 4.69) is 20.0 Å². The molecular weight excluding hydrogens is 819 g/mol. The Morgan fingerprint density at radius 2 is 1.21 bits per heavy atom. The van der Waals surface area contributed by atoms with E-state index in [1.165, 1.54) is 5.69 Å². The van der Waals surface area contributed by atoms with E-state index in [4.69, 9.17) is 77.5 Å². The molecule has 2 aliphatic rings. The number of alkyl halides is 2. The van der Waals surface area contributed by atoms with Crippen molar-refractivity contribution < 1.29 is 138 Å². The Bertz CT molecular complexity index is 1160. The first-order valence-corrected chi connectivity index (χ1v) is 15.0. The molecule has 0 spiro atoms. The fourth-order valence-corrected chi connectivity index (χ4v) is 4.47. The van der Waals surface area contributed by atoms with Crippen LogP contribution in [0.3, 0.4) is 0 Å². The molecule has 11 nitrogen and oxygen atoms in total. The molecule has 2 fully saturated rings. The van der Waals surface area contributed by atoms with Crippen molar-refractivity contribution in [1.29, 1.82) is 0 Å². The first-order valence-electron chi connectivity index (χ1n) is 12.8. The largest absolute Gasteiger partial charge is 1.00 e. The molecule has 2 aromatic rings. The van der Waals surface area contributed by atoms with Gasteiger partial charge in [0, 0.05) is 75.9 Å². The Labute approximate surface area is 399 Å². The third-order valence-corrected chi connectivity index (χ3v) is 7.37. The third kappa shape index (κ3) is 22.2. The summed E-state index contributed by atoms with van der Waals surface area (Å²) in [5.41, 5.74) is 2.23. The van der Waals surface area contributed by atoms with Gasteiger partial charge in [-0.1, -0.05) is 23.2 Å². The molecule has 0 saturated carbocycles. The summed E-state index contributed by atoms with van der Waals surface area (Å²) in [5.74, 6) is 1.36. The van der Waals surface area contributed by atoms with Crippen LogP contribution in [0, 0.1) is 0 Å². The van der Waals surface area contributed by atoms with Gasteiger partial charge in [-0.3, -0.25) is 14.4 Å². The van der Waals surface area contributed by atoms with Crippen molar-refractivity contribution in [1.82, 2.24) is 10.2 Å². The van der Waals surface area contributed by atoms with Crippen LogP contribution in [0.4, 0.5) is 11.4 Å². The SMILES string of the molecule is COc1cc(N2CCN(C(=O)CCl)CC2)ccc1Cl.COc1cc(N2CCNCC2)ccc1Cl.Cl.Cl.O=C(Cl)CCl.O=CO[O-].[H-].[K+].[K+]. The molecule has 4 rings (SSSR count). The molecule has 20 heteroatoms. The van der Waals surface area contributed by atoms with E-state index in [0.717, 1.165) is 50.7 Å². The topological polar surface area (TPSA) is 124 Å². The molecule has 2 saturated heterocycles. The number of nitrogens with one attached hydrogen (secondary N) is 1. The van der Waals surface area contributed by atoms with Crippen LogP contribution in [0.1, 0.15) is 1.43 Å². The van der Waals surface area contributed by atoms with Gasteiger partial charge in [-0.2, -0.15) is 0 Å². The normalized spacial score (nSPS) is 12.8. The number of nitrogens with zero attached hydrogens (tertiary/aromatic N) is 3. The van der Waals surface area contributed by atoms with Crippen molar-refractivity contribution in [2.24, 2.45) is 0 Å². The van der Waals surface area contributed by atoms with Gasteiger partial charge in [0.25, 0.3) is 6.47 Å². The summed E-state index contributed by atoms with van der Waals surface area (Å²) < 4.78 is 10.4. The number of rotatable bonds is 7. The van der Waals surface area contributed by atoms with E-state index in [9.17, 15) is 9.59 Å².